The van der Waals surface area contributed by atoms with Crippen molar-refractivity contribution in [3.63, 3.8) is 0 Å². The third-order valence-electron chi connectivity index (χ3n) is 5.19. The summed E-state index contributed by atoms with van der Waals surface area (Å²) < 4.78 is 1.43. The van der Waals surface area contributed by atoms with Gasteiger partial charge in [0.05, 0.1) is 11.3 Å². The topological polar surface area (TPSA) is 152 Å². The number of carboxylic acid groups (broad SMARTS) is 1. The summed E-state index contributed by atoms with van der Waals surface area (Å²) in [5.74, 6) is -2.08. The van der Waals surface area contributed by atoms with Crippen molar-refractivity contribution < 1.29 is 19.5 Å². The molecule has 12 heteroatoms. The number of carbonyl (C=O) groups excluding carboxylic acids is 2. The van der Waals surface area contributed by atoms with Gasteiger partial charge in [0.15, 0.2) is 0 Å². The summed E-state index contributed by atoms with van der Waals surface area (Å²) in [4.78, 5) is 41.0. The molecule has 0 fully saturated rings. The second-order valence-electron chi connectivity index (χ2n) is 7.79. The fraction of sp³-hybridized carbons (Fsp3) is 0.0800. The van der Waals surface area contributed by atoms with Crippen molar-refractivity contribution >= 4 is 41.1 Å². The van der Waals surface area contributed by atoms with E-state index in [2.05, 4.69) is 31.1 Å². The number of halogens is 1. The van der Waals surface area contributed by atoms with E-state index in [1.165, 1.54) is 41.4 Å². The molecule has 0 aliphatic rings. The van der Waals surface area contributed by atoms with E-state index in [4.69, 9.17) is 16.7 Å². The Balaban J connectivity index is 1.51. The zero-order valence-corrected chi connectivity index (χ0v) is 19.9. The first-order chi connectivity index (χ1) is 17.9. The number of nitrogens with one attached hydrogen (secondary N) is 2. The van der Waals surface area contributed by atoms with E-state index < -0.39 is 23.8 Å². The number of tetrazole rings is 1. The van der Waals surface area contributed by atoms with Gasteiger partial charge in [-0.2, -0.15) is 4.68 Å². The SMILES string of the molecule is O=C(C=Cc1cc(Cl)ccc1-n1cnnn1)N[C@@H](Cc1cccnc1)C(=O)Nc1ccc(C(=O)O)cc1. The lowest BCUT2D eigenvalue weighted by Crippen LogP contribution is -2.44. The molecular weight excluding hydrogens is 498 g/mol. The molecule has 2 aromatic heterocycles. The molecule has 2 aromatic carbocycles. The number of rotatable bonds is 9. The summed E-state index contributed by atoms with van der Waals surface area (Å²) in [7, 11) is 0. The van der Waals surface area contributed by atoms with Gasteiger partial charge < -0.3 is 15.7 Å². The van der Waals surface area contributed by atoms with Gasteiger partial charge in [0.2, 0.25) is 11.8 Å². The van der Waals surface area contributed by atoms with E-state index in [9.17, 15) is 14.4 Å². The zero-order chi connectivity index (χ0) is 26.2. The maximum atomic E-state index is 13.1. The molecule has 186 valence electrons. The van der Waals surface area contributed by atoms with Gasteiger partial charge in [-0.25, -0.2) is 4.79 Å². The second kappa shape index (κ2) is 11.7. The van der Waals surface area contributed by atoms with Crippen LogP contribution in [0.1, 0.15) is 21.5 Å². The maximum absolute atomic E-state index is 13.1. The normalized spacial score (nSPS) is 11.7. The van der Waals surface area contributed by atoms with E-state index in [-0.39, 0.29) is 12.0 Å². The smallest absolute Gasteiger partial charge is 0.335 e. The summed E-state index contributed by atoms with van der Waals surface area (Å²) in [6, 6.07) is 13.3. The van der Waals surface area contributed by atoms with Crippen molar-refractivity contribution in [1.29, 1.82) is 0 Å². The van der Waals surface area contributed by atoms with Gasteiger partial charge >= 0.3 is 5.97 Å². The van der Waals surface area contributed by atoms with Gasteiger partial charge in [0.1, 0.15) is 12.4 Å². The van der Waals surface area contributed by atoms with Crippen molar-refractivity contribution in [2.75, 3.05) is 5.32 Å². The van der Waals surface area contributed by atoms with Crippen LogP contribution in [0.15, 0.2) is 79.4 Å². The third kappa shape index (κ3) is 6.83. The number of aromatic nitrogens is 5. The minimum atomic E-state index is -1.07. The Bertz CT molecular complexity index is 1430. The molecule has 4 rings (SSSR count). The molecule has 2 heterocycles. The standard InChI is InChI=1S/C25H20ClN7O4/c26-19-6-9-22(33-15-28-31-32-33)18(13-19)5-10-23(34)30-21(12-16-2-1-11-27-14-16)24(35)29-20-7-3-17(4-8-20)25(36)37/h1-11,13-15,21H,12H2,(H,29,35)(H,30,34)(H,36,37)/t21-/m0/s1. The minimum Gasteiger partial charge on any atom is -0.478 e. The second-order valence-corrected chi connectivity index (χ2v) is 8.23. The summed E-state index contributed by atoms with van der Waals surface area (Å²) in [5.41, 5.74) is 2.41. The fourth-order valence-corrected chi connectivity index (χ4v) is 3.59. The first-order valence-corrected chi connectivity index (χ1v) is 11.3. The largest absolute Gasteiger partial charge is 0.478 e. The van der Waals surface area contributed by atoms with Crippen LogP contribution in [-0.4, -0.2) is 54.1 Å². The van der Waals surface area contributed by atoms with Crippen LogP contribution >= 0.6 is 11.6 Å². The Morgan fingerprint density at radius 2 is 1.92 bits per heavy atom. The first-order valence-electron chi connectivity index (χ1n) is 10.9. The summed E-state index contributed by atoms with van der Waals surface area (Å²) in [5, 5.41) is 26.0. The van der Waals surface area contributed by atoms with Gasteiger partial charge in [-0.15, -0.1) is 5.10 Å². The average molecular weight is 518 g/mol. The first kappa shape index (κ1) is 25.2. The zero-order valence-electron chi connectivity index (χ0n) is 19.2. The summed E-state index contributed by atoms with van der Waals surface area (Å²) in [6.07, 6.45) is 7.63. The van der Waals surface area contributed by atoms with Crippen LogP contribution in [-0.2, 0) is 16.0 Å². The van der Waals surface area contributed by atoms with Crippen molar-refractivity contribution in [2.45, 2.75) is 12.5 Å². The molecule has 3 N–H and O–H groups in total. The lowest BCUT2D eigenvalue weighted by molar-refractivity contribution is -0.123. The fourth-order valence-electron chi connectivity index (χ4n) is 3.41. The highest BCUT2D eigenvalue weighted by atomic mass is 35.5. The highest BCUT2D eigenvalue weighted by Crippen LogP contribution is 2.20. The lowest BCUT2D eigenvalue weighted by Gasteiger charge is -2.18. The average Bonchev–Trinajstić information content (AvgIpc) is 3.43. The molecule has 0 saturated heterocycles. The molecule has 0 radical (unpaired) electrons. The molecule has 0 bridgehead atoms. The molecule has 11 nitrogen and oxygen atoms in total. The minimum absolute atomic E-state index is 0.0883. The molecule has 0 aliphatic heterocycles. The number of aromatic carboxylic acids is 1. The van der Waals surface area contributed by atoms with Crippen molar-refractivity contribution in [2.24, 2.45) is 0 Å². The van der Waals surface area contributed by atoms with Gasteiger partial charge in [-0.3, -0.25) is 14.6 Å². The Hall–Kier alpha value is -4.90. The number of carboxylic acids is 1. The van der Waals surface area contributed by atoms with Crippen molar-refractivity contribution in [1.82, 2.24) is 30.5 Å². The summed E-state index contributed by atoms with van der Waals surface area (Å²) in [6.45, 7) is 0. The number of amides is 2. The number of carbonyl (C=O) groups is 3. The van der Waals surface area contributed by atoms with Crippen LogP contribution in [0.5, 0.6) is 0 Å². The molecule has 4 aromatic rings. The predicted octanol–water partition coefficient (Wildman–Crippen LogP) is 2.79. The number of nitrogens with zero attached hydrogens (tertiary/aromatic N) is 5. The molecule has 37 heavy (non-hydrogen) atoms. The van der Waals surface area contributed by atoms with Gasteiger partial charge in [0, 0.05) is 41.2 Å². The highest BCUT2D eigenvalue weighted by Gasteiger charge is 2.21. The van der Waals surface area contributed by atoms with E-state index >= 15 is 0 Å². The van der Waals surface area contributed by atoms with E-state index in [1.807, 2.05) is 0 Å². The molecule has 0 saturated carbocycles. The Morgan fingerprint density at radius 1 is 1.11 bits per heavy atom. The van der Waals surface area contributed by atoms with Crippen LogP contribution in [0.3, 0.4) is 0 Å². The lowest BCUT2D eigenvalue weighted by atomic mass is 10.1. The number of anilines is 1. The van der Waals surface area contributed by atoms with E-state index in [1.54, 1.807) is 48.8 Å². The molecule has 0 aliphatic carbocycles. The monoisotopic (exact) mass is 517 g/mol. The van der Waals surface area contributed by atoms with Gasteiger partial charge in [-0.05, 0) is 70.6 Å². The predicted molar refractivity (Wildman–Crippen MR) is 135 cm³/mol. The quantitative estimate of drug-likeness (QED) is 0.286. The maximum Gasteiger partial charge on any atom is 0.335 e. The number of benzene rings is 2. The third-order valence-corrected chi connectivity index (χ3v) is 5.43. The van der Waals surface area contributed by atoms with Crippen molar-refractivity contribution in [3.05, 3.63) is 101 Å². The number of hydrogen-bond acceptors (Lipinski definition) is 7. The Kier molecular flexibility index (Phi) is 7.96. The Morgan fingerprint density at radius 3 is 2.59 bits per heavy atom. The van der Waals surface area contributed by atoms with Gasteiger partial charge in [0.25, 0.3) is 0 Å². The van der Waals surface area contributed by atoms with E-state index in [0.717, 1.165) is 5.56 Å². The molecule has 1 atom stereocenters. The van der Waals surface area contributed by atoms with Crippen LogP contribution in [0.25, 0.3) is 11.8 Å². The molecule has 0 spiro atoms. The highest BCUT2D eigenvalue weighted by molar-refractivity contribution is 6.30. The Labute approximate surface area is 215 Å². The van der Waals surface area contributed by atoms with Gasteiger partial charge in [-0.1, -0.05) is 17.7 Å². The van der Waals surface area contributed by atoms with Crippen LogP contribution in [0.4, 0.5) is 5.69 Å². The number of hydrogen-bond donors (Lipinski definition) is 3. The van der Waals surface area contributed by atoms with Crippen molar-refractivity contribution in [3.8, 4) is 5.69 Å². The summed E-state index contributed by atoms with van der Waals surface area (Å²) >= 11 is 6.13. The molecule has 0 unspecified atom stereocenters. The van der Waals surface area contributed by atoms with Crippen LogP contribution in [0.2, 0.25) is 5.02 Å². The number of pyridine rings is 1. The van der Waals surface area contributed by atoms with Crippen LogP contribution in [0, 0.1) is 0 Å². The molecular formula is C25H20ClN7O4. The van der Waals surface area contributed by atoms with Crippen LogP contribution < -0.4 is 10.6 Å². The molecule has 2 amide bonds. The van der Waals surface area contributed by atoms with E-state index in [0.29, 0.717) is 22.0 Å².